The summed E-state index contributed by atoms with van der Waals surface area (Å²) in [4.78, 5) is 10.5. The van der Waals surface area contributed by atoms with Crippen molar-refractivity contribution in [1.82, 2.24) is 5.32 Å². The fraction of sp³-hybridized carbons (Fsp3) is 0.364. The van der Waals surface area contributed by atoms with Gasteiger partial charge in [0.1, 0.15) is 0 Å². The molecule has 1 rings (SSSR count). The van der Waals surface area contributed by atoms with Crippen LogP contribution in [0.4, 0.5) is 0 Å². The lowest BCUT2D eigenvalue weighted by Crippen LogP contribution is -2.21. The predicted molar refractivity (Wildman–Crippen MR) is 63.5 cm³/mol. The molecule has 1 heterocycles. The van der Waals surface area contributed by atoms with Gasteiger partial charge in [0.25, 0.3) is 0 Å². The third kappa shape index (κ3) is 4.14. The zero-order chi connectivity index (χ0) is 12.0. The first-order chi connectivity index (χ1) is 7.61. The highest BCUT2D eigenvalue weighted by Crippen LogP contribution is 2.14. The van der Waals surface area contributed by atoms with Gasteiger partial charge in [-0.2, -0.15) is 11.3 Å². The van der Waals surface area contributed by atoms with Crippen LogP contribution in [0.1, 0.15) is 18.6 Å². The second kappa shape index (κ2) is 6.42. The predicted octanol–water partition coefficient (Wildman–Crippen LogP) is 1.40. The molecule has 0 radical (unpaired) electrons. The van der Waals surface area contributed by atoms with Crippen molar-refractivity contribution in [3.63, 3.8) is 0 Å². The van der Waals surface area contributed by atoms with Crippen molar-refractivity contribution in [2.75, 3.05) is 13.1 Å². The normalized spacial score (nSPS) is 13.8. The molecule has 1 aromatic rings. The smallest absolute Gasteiger partial charge is 0.330 e. The van der Waals surface area contributed by atoms with E-state index in [9.17, 15) is 9.90 Å². The quantitative estimate of drug-likeness (QED) is 0.520. The molecule has 0 spiro atoms. The summed E-state index contributed by atoms with van der Waals surface area (Å²) >= 11 is 1.54. The Balaban J connectivity index is 2.26. The van der Waals surface area contributed by atoms with Gasteiger partial charge in [-0.05, 0) is 29.3 Å². The van der Waals surface area contributed by atoms with Gasteiger partial charge in [-0.1, -0.05) is 6.08 Å². The number of carboxylic acids is 1. The number of nitrogens with one attached hydrogen (secondary N) is 1. The molecule has 0 amide bonds. The minimum atomic E-state index is -0.916. The Labute approximate surface area is 98.2 Å². The number of hydrogen-bond acceptors (Lipinski definition) is 4. The molecule has 3 N–H and O–H groups in total. The van der Waals surface area contributed by atoms with Gasteiger partial charge in [0.05, 0.1) is 6.10 Å². The van der Waals surface area contributed by atoms with E-state index in [1.54, 1.807) is 13.0 Å². The molecule has 0 fully saturated rings. The zero-order valence-corrected chi connectivity index (χ0v) is 9.83. The second-order valence-corrected chi connectivity index (χ2v) is 4.20. The fourth-order valence-electron chi connectivity index (χ4n) is 1.12. The van der Waals surface area contributed by atoms with Crippen LogP contribution in [0.5, 0.6) is 0 Å². The zero-order valence-electron chi connectivity index (χ0n) is 9.01. The van der Waals surface area contributed by atoms with E-state index in [1.165, 1.54) is 11.3 Å². The molecule has 0 aliphatic heterocycles. The highest BCUT2D eigenvalue weighted by Gasteiger charge is 2.06. The van der Waals surface area contributed by atoms with Crippen molar-refractivity contribution in [2.24, 2.45) is 0 Å². The topological polar surface area (TPSA) is 69.6 Å². The van der Waals surface area contributed by atoms with Gasteiger partial charge >= 0.3 is 5.97 Å². The highest BCUT2D eigenvalue weighted by molar-refractivity contribution is 7.07. The van der Waals surface area contributed by atoms with Crippen LogP contribution in [0.15, 0.2) is 28.5 Å². The van der Waals surface area contributed by atoms with Gasteiger partial charge < -0.3 is 15.5 Å². The van der Waals surface area contributed by atoms with Crippen molar-refractivity contribution in [1.29, 1.82) is 0 Å². The number of hydrogen-bond donors (Lipinski definition) is 3. The highest BCUT2D eigenvalue weighted by atomic mass is 32.1. The lowest BCUT2D eigenvalue weighted by molar-refractivity contribution is -0.132. The Morgan fingerprint density at radius 3 is 3.00 bits per heavy atom. The summed E-state index contributed by atoms with van der Waals surface area (Å²) in [6.45, 7) is 2.40. The van der Waals surface area contributed by atoms with E-state index in [4.69, 9.17) is 5.11 Å². The number of rotatable bonds is 6. The summed E-state index contributed by atoms with van der Waals surface area (Å²) in [5.41, 5.74) is 1.19. The molecule has 1 aromatic heterocycles. The van der Waals surface area contributed by atoms with Crippen LogP contribution >= 0.6 is 11.3 Å². The molecule has 5 heteroatoms. The maximum absolute atomic E-state index is 10.5. The molecular formula is C11H15NO3S. The largest absolute Gasteiger partial charge is 0.478 e. The first-order valence-corrected chi connectivity index (χ1v) is 5.86. The molecule has 0 saturated heterocycles. The molecule has 0 aromatic carbocycles. The van der Waals surface area contributed by atoms with Crippen LogP contribution in [0.2, 0.25) is 0 Å². The van der Waals surface area contributed by atoms with Crippen LogP contribution in [-0.2, 0) is 4.79 Å². The molecule has 0 saturated carbocycles. The van der Waals surface area contributed by atoms with E-state index in [1.807, 2.05) is 16.8 Å². The summed E-state index contributed by atoms with van der Waals surface area (Å²) in [6, 6.07) is 1.87. The standard InChI is InChI=1S/C11H15NO3S/c1-8(11(14)15)2-4-12-6-10(13)9-3-5-16-7-9/h2-3,5,7,10,12-13H,4,6H2,1H3,(H,14,15)/b8-2-. The summed E-state index contributed by atoms with van der Waals surface area (Å²) in [5, 5.41) is 25.1. The molecule has 88 valence electrons. The molecular weight excluding hydrogens is 226 g/mol. The van der Waals surface area contributed by atoms with E-state index in [0.29, 0.717) is 18.7 Å². The van der Waals surface area contributed by atoms with Crippen LogP contribution in [0.3, 0.4) is 0 Å². The lowest BCUT2D eigenvalue weighted by atomic mass is 10.2. The summed E-state index contributed by atoms with van der Waals surface area (Å²) in [6.07, 6.45) is 1.05. The van der Waals surface area contributed by atoms with Crippen LogP contribution in [0.25, 0.3) is 0 Å². The average molecular weight is 241 g/mol. The van der Waals surface area contributed by atoms with Crippen LogP contribution in [-0.4, -0.2) is 29.3 Å². The third-order valence-electron chi connectivity index (χ3n) is 2.16. The Hall–Kier alpha value is -1.17. The second-order valence-electron chi connectivity index (χ2n) is 3.42. The molecule has 1 atom stereocenters. The van der Waals surface area contributed by atoms with Crippen molar-refractivity contribution in [3.8, 4) is 0 Å². The fourth-order valence-corrected chi connectivity index (χ4v) is 1.82. The Morgan fingerprint density at radius 2 is 2.44 bits per heavy atom. The first-order valence-electron chi connectivity index (χ1n) is 4.92. The first kappa shape index (κ1) is 12.9. The third-order valence-corrected chi connectivity index (χ3v) is 2.86. The SMILES string of the molecule is C/C(=C/CNCC(O)c1ccsc1)C(=O)O. The van der Waals surface area contributed by atoms with Gasteiger partial charge in [-0.3, -0.25) is 0 Å². The maximum Gasteiger partial charge on any atom is 0.330 e. The minimum Gasteiger partial charge on any atom is -0.478 e. The van der Waals surface area contributed by atoms with Crippen molar-refractivity contribution in [3.05, 3.63) is 34.0 Å². The molecule has 4 nitrogen and oxygen atoms in total. The average Bonchev–Trinajstić information content (AvgIpc) is 2.76. The summed E-state index contributed by atoms with van der Waals surface area (Å²) in [7, 11) is 0. The number of carbonyl (C=O) groups is 1. The van der Waals surface area contributed by atoms with Crippen LogP contribution < -0.4 is 5.32 Å². The van der Waals surface area contributed by atoms with Crippen molar-refractivity contribution in [2.45, 2.75) is 13.0 Å². The molecule has 1 unspecified atom stereocenters. The van der Waals surface area contributed by atoms with Crippen molar-refractivity contribution < 1.29 is 15.0 Å². The number of thiophene rings is 1. The van der Waals surface area contributed by atoms with Gasteiger partial charge in [0.15, 0.2) is 0 Å². The Morgan fingerprint density at radius 1 is 1.69 bits per heavy atom. The van der Waals surface area contributed by atoms with E-state index in [0.717, 1.165) is 5.56 Å². The van der Waals surface area contributed by atoms with Crippen LogP contribution in [0, 0.1) is 0 Å². The summed E-state index contributed by atoms with van der Waals surface area (Å²) in [5.74, 6) is -0.916. The van der Waals surface area contributed by atoms with E-state index >= 15 is 0 Å². The van der Waals surface area contributed by atoms with Gasteiger partial charge in [-0.25, -0.2) is 4.79 Å². The molecule has 0 aliphatic rings. The van der Waals surface area contributed by atoms with E-state index in [2.05, 4.69) is 5.32 Å². The van der Waals surface area contributed by atoms with Gasteiger partial charge in [0, 0.05) is 18.7 Å². The summed E-state index contributed by atoms with van der Waals surface area (Å²) < 4.78 is 0. The monoisotopic (exact) mass is 241 g/mol. The molecule has 16 heavy (non-hydrogen) atoms. The van der Waals surface area contributed by atoms with Crippen molar-refractivity contribution >= 4 is 17.3 Å². The minimum absolute atomic E-state index is 0.303. The maximum atomic E-state index is 10.5. The van der Waals surface area contributed by atoms with Gasteiger partial charge in [-0.15, -0.1) is 0 Å². The lowest BCUT2D eigenvalue weighted by Gasteiger charge is -2.08. The molecule has 0 aliphatic carbocycles. The number of aliphatic hydroxyl groups is 1. The van der Waals surface area contributed by atoms with E-state index < -0.39 is 12.1 Å². The van der Waals surface area contributed by atoms with Gasteiger partial charge in [0.2, 0.25) is 0 Å². The number of carboxylic acid groups (broad SMARTS) is 1. The number of aliphatic hydroxyl groups excluding tert-OH is 1. The Kier molecular flexibility index (Phi) is 5.18. The molecule has 0 bridgehead atoms. The van der Waals surface area contributed by atoms with E-state index in [-0.39, 0.29) is 0 Å². The Bertz CT molecular complexity index is 359. The number of aliphatic carboxylic acids is 1.